The first kappa shape index (κ1) is 10.5. The maximum Gasteiger partial charge on any atom is 0.0638 e. The molecule has 74 valence electrons. The lowest BCUT2D eigenvalue weighted by Crippen LogP contribution is -2.31. The Kier molecular flexibility index (Phi) is 3.74. The van der Waals surface area contributed by atoms with Crippen molar-refractivity contribution in [3.8, 4) is 6.07 Å². The van der Waals surface area contributed by atoms with E-state index in [1.54, 1.807) is 0 Å². The van der Waals surface area contributed by atoms with E-state index in [1.165, 1.54) is 19.5 Å². The van der Waals surface area contributed by atoms with Gasteiger partial charge in [-0.25, -0.2) is 0 Å². The molecule has 0 radical (unpaired) electrons. The molecule has 0 saturated carbocycles. The van der Waals surface area contributed by atoms with Crippen LogP contribution in [0.15, 0.2) is 0 Å². The summed E-state index contributed by atoms with van der Waals surface area (Å²) < 4.78 is 0. The molecule has 0 aliphatic carbocycles. The van der Waals surface area contributed by atoms with Crippen molar-refractivity contribution in [3.05, 3.63) is 0 Å². The Hall–Kier alpha value is -0.550. The molecule has 0 spiro atoms. The zero-order valence-electron chi connectivity index (χ0n) is 8.95. The first-order chi connectivity index (χ1) is 6.15. The SMILES string of the molecule is CC(C)C1CCN(C(C)CC#N)C1. The Morgan fingerprint density at radius 1 is 1.46 bits per heavy atom. The summed E-state index contributed by atoms with van der Waals surface area (Å²) in [6, 6.07) is 2.70. The van der Waals surface area contributed by atoms with Gasteiger partial charge in [-0.15, -0.1) is 0 Å². The maximum absolute atomic E-state index is 8.60. The van der Waals surface area contributed by atoms with Crippen LogP contribution in [-0.2, 0) is 0 Å². The van der Waals surface area contributed by atoms with Crippen molar-refractivity contribution in [2.75, 3.05) is 13.1 Å². The van der Waals surface area contributed by atoms with Crippen molar-refractivity contribution < 1.29 is 0 Å². The molecule has 1 rings (SSSR count). The Morgan fingerprint density at radius 2 is 2.15 bits per heavy atom. The normalized spacial score (nSPS) is 26.2. The van der Waals surface area contributed by atoms with E-state index in [9.17, 15) is 0 Å². The van der Waals surface area contributed by atoms with E-state index in [0.717, 1.165) is 11.8 Å². The van der Waals surface area contributed by atoms with Gasteiger partial charge in [-0.2, -0.15) is 5.26 Å². The monoisotopic (exact) mass is 180 g/mol. The molecule has 2 nitrogen and oxygen atoms in total. The molecule has 1 aliphatic rings. The Balaban J connectivity index is 2.37. The van der Waals surface area contributed by atoms with Gasteiger partial charge in [0.05, 0.1) is 12.5 Å². The number of rotatable bonds is 3. The zero-order valence-corrected chi connectivity index (χ0v) is 8.95. The van der Waals surface area contributed by atoms with Crippen molar-refractivity contribution in [1.82, 2.24) is 4.90 Å². The van der Waals surface area contributed by atoms with E-state index in [1.807, 2.05) is 0 Å². The van der Waals surface area contributed by atoms with Crippen LogP contribution in [0.25, 0.3) is 0 Å². The van der Waals surface area contributed by atoms with Crippen LogP contribution in [0.4, 0.5) is 0 Å². The maximum atomic E-state index is 8.60. The van der Waals surface area contributed by atoms with Gasteiger partial charge >= 0.3 is 0 Å². The van der Waals surface area contributed by atoms with Crippen LogP contribution in [0.2, 0.25) is 0 Å². The van der Waals surface area contributed by atoms with Crippen LogP contribution in [0.3, 0.4) is 0 Å². The molecule has 1 aliphatic heterocycles. The number of nitriles is 1. The van der Waals surface area contributed by atoms with Gasteiger partial charge in [-0.05, 0) is 31.7 Å². The van der Waals surface area contributed by atoms with Crippen LogP contribution in [-0.4, -0.2) is 24.0 Å². The number of likely N-dealkylation sites (tertiary alicyclic amines) is 1. The summed E-state index contributed by atoms with van der Waals surface area (Å²) in [5.41, 5.74) is 0. The second-order valence-electron chi connectivity index (χ2n) is 4.50. The van der Waals surface area contributed by atoms with Gasteiger partial charge < -0.3 is 0 Å². The largest absolute Gasteiger partial charge is 0.299 e. The fourth-order valence-electron chi connectivity index (χ4n) is 2.02. The number of hydrogen-bond donors (Lipinski definition) is 0. The van der Waals surface area contributed by atoms with E-state index < -0.39 is 0 Å². The van der Waals surface area contributed by atoms with Crippen LogP contribution >= 0.6 is 0 Å². The molecule has 2 atom stereocenters. The summed E-state index contributed by atoms with van der Waals surface area (Å²) in [7, 11) is 0. The predicted molar refractivity (Wildman–Crippen MR) is 54.2 cm³/mol. The molecular weight excluding hydrogens is 160 g/mol. The van der Waals surface area contributed by atoms with Crippen molar-refractivity contribution in [1.29, 1.82) is 5.26 Å². The van der Waals surface area contributed by atoms with Crippen LogP contribution < -0.4 is 0 Å². The van der Waals surface area contributed by atoms with E-state index in [-0.39, 0.29) is 0 Å². The molecule has 1 saturated heterocycles. The first-order valence-corrected chi connectivity index (χ1v) is 5.26. The molecule has 0 N–H and O–H groups in total. The molecule has 0 amide bonds. The van der Waals surface area contributed by atoms with Gasteiger partial charge in [-0.3, -0.25) is 4.90 Å². The molecule has 2 heteroatoms. The molecule has 0 aromatic carbocycles. The average Bonchev–Trinajstić information content (AvgIpc) is 2.52. The smallest absolute Gasteiger partial charge is 0.0638 e. The van der Waals surface area contributed by atoms with Gasteiger partial charge in [0, 0.05) is 12.6 Å². The minimum absolute atomic E-state index is 0.453. The zero-order chi connectivity index (χ0) is 9.84. The standard InChI is InChI=1S/C11H20N2/c1-9(2)11-5-7-13(8-11)10(3)4-6-12/h9-11H,4-5,7-8H2,1-3H3. The lowest BCUT2D eigenvalue weighted by atomic mass is 9.95. The average molecular weight is 180 g/mol. The number of nitrogens with zero attached hydrogens (tertiary/aromatic N) is 2. The lowest BCUT2D eigenvalue weighted by molar-refractivity contribution is 0.241. The van der Waals surface area contributed by atoms with E-state index in [0.29, 0.717) is 12.5 Å². The fraction of sp³-hybridized carbons (Fsp3) is 0.909. The third kappa shape index (κ3) is 2.70. The summed E-state index contributed by atoms with van der Waals surface area (Å²) in [6.45, 7) is 9.13. The third-order valence-corrected chi connectivity index (χ3v) is 3.21. The molecule has 1 fully saturated rings. The summed E-state index contributed by atoms with van der Waals surface area (Å²) >= 11 is 0. The van der Waals surface area contributed by atoms with Crippen molar-refractivity contribution >= 4 is 0 Å². The van der Waals surface area contributed by atoms with Gasteiger partial charge in [0.15, 0.2) is 0 Å². The van der Waals surface area contributed by atoms with Crippen LogP contribution in [0.1, 0.15) is 33.6 Å². The minimum Gasteiger partial charge on any atom is -0.299 e. The second-order valence-corrected chi connectivity index (χ2v) is 4.50. The molecule has 0 aromatic rings. The summed E-state index contributed by atoms with van der Waals surface area (Å²) in [6.07, 6.45) is 1.98. The second kappa shape index (κ2) is 4.62. The molecule has 13 heavy (non-hydrogen) atoms. The molecular formula is C11H20N2. The van der Waals surface area contributed by atoms with Gasteiger partial charge in [0.25, 0.3) is 0 Å². The summed E-state index contributed by atoms with van der Waals surface area (Å²) in [5, 5.41) is 8.60. The quantitative estimate of drug-likeness (QED) is 0.666. The Morgan fingerprint density at radius 3 is 2.62 bits per heavy atom. The minimum atomic E-state index is 0.453. The first-order valence-electron chi connectivity index (χ1n) is 5.26. The summed E-state index contributed by atoms with van der Waals surface area (Å²) in [4.78, 5) is 2.45. The highest BCUT2D eigenvalue weighted by atomic mass is 15.2. The molecule has 0 bridgehead atoms. The van der Waals surface area contributed by atoms with Gasteiger partial charge in [-0.1, -0.05) is 13.8 Å². The Labute approximate surface area is 81.5 Å². The fourth-order valence-corrected chi connectivity index (χ4v) is 2.02. The van der Waals surface area contributed by atoms with E-state index in [4.69, 9.17) is 5.26 Å². The highest BCUT2D eigenvalue weighted by Gasteiger charge is 2.27. The van der Waals surface area contributed by atoms with Crippen LogP contribution in [0, 0.1) is 23.2 Å². The van der Waals surface area contributed by atoms with Gasteiger partial charge in [0.2, 0.25) is 0 Å². The Bertz CT molecular complexity index is 193. The highest BCUT2D eigenvalue weighted by molar-refractivity contribution is 4.85. The van der Waals surface area contributed by atoms with E-state index >= 15 is 0 Å². The van der Waals surface area contributed by atoms with E-state index in [2.05, 4.69) is 31.7 Å². The molecule has 2 unspecified atom stereocenters. The van der Waals surface area contributed by atoms with Gasteiger partial charge in [0.1, 0.15) is 0 Å². The lowest BCUT2D eigenvalue weighted by Gasteiger charge is -2.22. The third-order valence-electron chi connectivity index (χ3n) is 3.21. The topological polar surface area (TPSA) is 27.0 Å². The van der Waals surface area contributed by atoms with Crippen LogP contribution in [0.5, 0.6) is 0 Å². The molecule has 0 aromatic heterocycles. The van der Waals surface area contributed by atoms with Crippen molar-refractivity contribution in [2.24, 2.45) is 11.8 Å². The summed E-state index contributed by atoms with van der Waals surface area (Å²) in [5.74, 6) is 1.64. The predicted octanol–water partition coefficient (Wildman–Crippen LogP) is 2.27. The van der Waals surface area contributed by atoms with Crippen molar-refractivity contribution in [3.63, 3.8) is 0 Å². The molecule has 1 heterocycles. The highest BCUT2D eigenvalue weighted by Crippen LogP contribution is 2.25. The number of hydrogen-bond acceptors (Lipinski definition) is 2. The van der Waals surface area contributed by atoms with Crippen molar-refractivity contribution in [2.45, 2.75) is 39.7 Å².